The Morgan fingerprint density at radius 2 is 1.55 bits per heavy atom. The predicted octanol–water partition coefficient (Wildman–Crippen LogP) is 8.11. The molecule has 4 aromatic carbocycles. The number of methoxy groups -OCH3 is 1. The lowest BCUT2D eigenvalue weighted by Crippen LogP contribution is -2.09. The molecule has 0 aliphatic heterocycles. The minimum absolute atomic E-state index is 0.0565. The van der Waals surface area contributed by atoms with Crippen molar-refractivity contribution in [3.63, 3.8) is 0 Å². The molecule has 0 atom stereocenters. The first-order valence-corrected chi connectivity index (χ1v) is 14.9. The number of hydrogen-bond acceptors (Lipinski definition) is 5. The topological polar surface area (TPSA) is 65.5 Å². The zero-order valence-corrected chi connectivity index (χ0v) is 23.6. The molecule has 5 nitrogen and oxygen atoms in total. The van der Waals surface area contributed by atoms with Gasteiger partial charge in [0.15, 0.2) is 9.84 Å². The fourth-order valence-corrected chi connectivity index (χ4v) is 6.19. The van der Waals surface area contributed by atoms with E-state index in [4.69, 9.17) is 9.47 Å². The van der Waals surface area contributed by atoms with Crippen molar-refractivity contribution in [2.24, 2.45) is 0 Å². The first kappa shape index (κ1) is 29.3. The molecule has 0 spiro atoms. The third kappa shape index (κ3) is 6.64. The molecular weight excluding hydrogens is 563 g/mol. The quantitative estimate of drug-likeness (QED) is 0.154. The summed E-state index contributed by atoms with van der Waals surface area (Å²) >= 11 is 0. The maximum atomic E-state index is 13.9. The highest BCUT2D eigenvalue weighted by molar-refractivity contribution is 7.91. The Bertz CT molecular complexity index is 1810. The number of fused-ring (bicyclic) bond motifs is 1. The average molecular weight is 592 g/mol. The van der Waals surface area contributed by atoms with E-state index in [2.05, 4.69) is 4.98 Å². The van der Waals surface area contributed by atoms with Gasteiger partial charge in [-0.3, -0.25) is 4.98 Å². The van der Waals surface area contributed by atoms with Gasteiger partial charge in [-0.1, -0.05) is 60.7 Å². The molecule has 216 valence electrons. The van der Waals surface area contributed by atoms with E-state index in [9.17, 15) is 21.6 Å². The van der Waals surface area contributed by atoms with Crippen molar-refractivity contribution in [3.05, 3.63) is 120 Å². The van der Waals surface area contributed by atoms with Gasteiger partial charge in [-0.25, -0.2) is 8.42 Å². The molecule has 0 aliphatic rings. The van der Waals surface area contributed by atoms with Gasteiger partial charge in [0.1, 0.15) is 11.5 Å². The molecule has 5 rings (SSSR count). The lowest BCUT2D eigenvalue weighted by Gasteiger charge is -2.17. The van der Waals surface area contributed by atoms with Crippen LogP contribution in [0.4, 0.5) is 13.2 Å². The van der Waals surface area contributed by atoms with E-state index < -0.39 is 21.6 Å². The number of benzene rings is 4. The van der Waals surface area contributed by atoms with E-state index in [0.29, 0.717) is 47.5 Å². The van der Waals surface area contributed by atoms with E-state index in [1.165, 1.54) is 31.5 Å². The van der Waals surface area contributed by atoms with Crippen LogP contribution in [-0.2, 0) is 27.2 Å². The molecule has 0 radical (unpaired) electrons. The Balaban J connectivity index is 1.56. The zero-order chi connectivity index (χ0) is 29.7. The van der Waals surface area contributed by atoms with E-state index in [0.717, 1.165) is 17.2 Å². The van der Waals surface area contributed by atoms with Crippen molar-refractivity contribution in [3.8, 4) is 22.6 Å². The second kappa shape index (κ2) is 12.3. The minimum Gasteiger partial charge on any atom is -0.457 e. The van der Waals surface area contributed by atoms with Crippen LogP contribution in [0.15, 0.2) is 108 Å². The summed E-state index contributed by atoms with van der Waals surface area (Å²) in [6.45, 7) is 0.336. The van der Waals surface area contributed by atoms with Gasteiger partial charge in [-0.05, 0) is 71.5 Å². The van der Waals surface area contributed by atoms with Gasteiger partial charge in [-0.2, -0.15) is 13.2 Å². The molecule has 9 heteroatoms. The highest BCUT2D eigenvalue weighted by atomic mass is 32.2. The molecule has 0 amide bonds. The number of alkyl halides is 3. The molecule has 0 unspecified atom stereocenters. The molecule has 42 heavy (non-hydrogen) atoms. The van der Waals surface area contributed by atoms with Crippen LogP contribution in [0.1, 0.15) is 23.1 Å². The fraction of sp³-hybridized carbons (Fsp3) is 0.182. The third-order valence-electron chi connectivity index (χ3n) is 6.80. The Kier molecular flexibility index (Phi) is 8.61. The van der Waals surface area contributed by atoms with E-state index >= 15 is 0 Å². The van der Waals surface area contributed by atoms with Crippen molar-refractivity contribution in [2.45, 2.75) is 23.9 Å². The number of para-hydroxylation sites is 1. The second-order valence-corrected chi connectivity index (χ2v) is 11.9. The van der Waals surface area contributed by atoms with Gasteiger partial charge in [0.25, 0.3) is 0 Å². The fourth-order valence-electron chi connectivity index (χ4n) is 4.88. The van der Waals surface area contributed by atoms with Crippen LogP contribution in [0, 0.1) is 0 Å². The molecule has 0 fully saturated rings. The maximum absolute atomic E-state index is 13.9. The normalized spacial score (nSPS) is 12.0. The van der Waals surface area contributed by atoms with Gasteiger partial charge in [-0.15, -0.1) is 0 Å². The van der Waals surface area contributed by atoms with Crippen LogP contribution in [-0.4, -0.2) is 32.9 Å². The third-order valence-corrected chi connectivity index (χ3v) is 8.60. The van der Waals surface area contributed by atoms with E-state index in [1.807, 2.05) is 36.4 Å². The molecular formula is C33H28F3NO4S. The highest BCUT2D eigenvalue weighted by Gasteiger charge is 2.33. The SMILES string of the molecule is COCCCS(=O)(=O)c1cccc(Oc2cccc(-c3c(Cc4ccccc4)cnc4c(C(F)(F)F)cccc34)c2)c1. The summed E-state index contributed by atoms with van der Waals surface area (Å²) in [5, 5.41) is 0.375. The van der Waals surface area contributed by atoms with Crippen molar-refractivity contribution in [2.75, 3.05) is 19.5 Å². The average Bonchev–Trinajstić information content (AvgIpc) is 2.97. The monoisotopic (exact) mass is 591 g/mol. The number of hydrogen-bond donors (Lipinski definition) is 0. The first-order chi connectivity index (χ1) is 20.2. The maximum Gasteiger partial charge on any atom is 0.418 e. The Morgan fingerprint density at radius 3 is 2.29 bits per heavy atom. The van der Waals surface area contributed by atoms with Gasteiger partial charge >= 0.3 is 6.18 Å². The molecule has 0 aliphatic carbocycles. The zero-order valence-electron chi connectivity index (χ0n) is 22.8. The number of ether oxygens (including phenoxy) is 2. The van der Waals surface area contributed by atoms with Gasteiger partial charge in [0.05, 0.1) is 21.7 Å². The molecule has 5 aromatic rings. The highest BCUT2D eigenvalue weighted by Crippen LogP contribution is 2.40. The summed E-state index contributed by atoms with van der Waals surface area (Å²) in [5.74, 6) is 0.673. The van der Waals surface area contributed by atoms with Crippen LogP contribution in [0.2, 0.25) is 0 Å². The summed E-state index contributed by atoms with van der Waals surface area (Å²) in [7, 11) is -2.02. The van der Waals surface area contributed by atoms with Crippen molar-refractivity contribution in [1.29, 1.82) is 0 Å². The summed E-state index contributed by atoms with van der Waals surface area (Å²) in [6.07, 6.45) is -2.23. The molecule has 0 bridgehead atoms. The number of pyridine rings is 1. The largest absolute Gasteiger partial charge is 0.457 e. The summed E-state index contributed by atoms with van der Waals surface area (Å²) in [4.78, 5) is 4.40. The van der Waals surface area contributed by atoms with Crippen molar-refractivity contribution < 1.29 is 31.1 Å². The number of nitrogens with zero attached hydrogens (tertiary/aromatic N) is 1. The lowest BCUT2D eigenvalue weighted by atomic mass is 9.92. The number of halogens is 3. The number of aromatic nitrogens is 1. The van der Waals surface area contributed by atoms with Gasteiger partial charge in [0, 0.05) is 25.3 Å². The van der Waals surface area contributed by atoms with E-state index in [1.54, 1.807) is 36.4 Å². The van der Waals surface area contributed by atoms with Gasteiger partial charge < -0.3 is 9.47 Å². The van der Waals surface area contributed by atoms with Crippen molar-refractivity contribution in [1.82, 2.24) is 4.98 Å². The van der Waals surface area contributed by atoms with Crippen LogP contribution in [0.5, 0.6) is 11.5 Å². The first-order valence-electron chi connectivity index (χ1n) is 13.3. The summed E-state index contributed by atoms with van der Waals surface area (Å²) < 4.78 is 78.3. The smallest absolute Gasteiger partial charge is 0.418 e. The second-order valence-electron chi connectivity index (χ2n) is 9.79. The minimum atomic E-state index is -4.56. The Labute approximate surface area is 242 Å². The standard InChI is InChI=1S/C33H28F3NO4S/c1-40-17-8-18-42(38,39)28-14-6-13-27(21-28)41-26-12-5-11-24(20-26)31-25(19-23-9-3-2-4-10-23)22-37-32-29(31)15-7-16-30(32)33(34,35)36/h2-7,9-16,20-22H,8,17-19H2,1H3. The Morgan fingerprint density at radius 1 is 0.833 bits per heavy atom. The molecule has 0 saturated heterocycles. The van der Waals surface area contributed by atoms with Crippen LogP contribution in [0.25, 0.3) is 22.0 Å². The van der Waals surface area contributed by atoms with Crippen LogP contribution < -0.4 is 4.74 Å². The number of sulfone groups is 1. The lowest BCUT2D eigenvalue weighted by molar-refractivity contribution is -0.136. The number of rotatable bonds is 10. The van der Waals surface area contributed by atoms with Crippen molar-refractivity contribution >= 4 is 20.7 Å². The van der Waals surface area contributed by atoms with Crippen LogP contribution >= 0.6 is 0 Å². The summed E-state index contributed by atoms with van der Waals surface area (Å²) in [5.41, 5.74) is 2.08. The molecule has 1 aromatic heterocycles. The molecule has 0 N–H and O–H groups in total. The molecule has 0 saturated carbocycles. The van der Waals surface area contributed by atoms with Gasteiger partial charge in [0.2, 0.25) is 0 Å². The van der Waals surface area contributed by atoms with Crippen LogP contribution in [0.3, 0.4) is 0 Å². The summed E-state index contributed by atoms with van der Waals surface area (Å²) in [6, 6.07) is 27.0. The molecule has 1 heterocycles. The Hall–Kier alpha value is -4.21. The predicted molar refractivity (Wildman–Crippen MR) is 156 cm³/mol. The van der Waals surface area contributed by atoms with E-state index in [-0.39, 0.29) is 16.2 Å².